The number of piperazine rings is 1. The highest BCUT2D eigenvalue weighted by molar-refractivity contribution is 6.29. The van der Waals surface area contributed by atoms with Gasteiger partial charge in [0.2, 0.25) is 5.91 Å². The Kier molecular flexibility index (Phi) is 8.89. The maximum absolute atomic E-state index is 14.1. The van der Waals surface area contributed by atoms with Gasteiger partial charge >= 0.3 is 0 Å². The molecule has 2 aliphatic rings. The Hall–Kier alpha value is -2.36. The Morgan fingerprint density at radius 3 is 2.00 bits per heavy atom. The van der Waals surface area contributed by atoms with Crippen molar-refractivity contribution in [2.24, 2.45) is 0 Å². The summed E-state index contributed by atoms with van der Waals surface area (Å²) in [6, 6.07) is 13.2. The lowest BCUT2D eigenvalue weighted by Crippen LogP contribution is -2.64. The van der Waals surface area contributed by atoms with Crippen LogP contribution in [0.4, 0.5) is 8.78 Å². The van der Waals surface area contributed by atoms with Crippen molar-refractivity contribution in [1.82, 2.24) is 24.7 Å². The van der Waals surface area contributed by atoms with Crippen molar-refractivity contribution in [2.45, 2.75) is 31.5 Å². The van der Waals surface area contributed by atoms with Crippen LogP contribution in [-0.4, -0.2) is 69.3 Å². The van der Waals surface area contributed by atoms with Gasteiger partial charge in [-0.05, 0) is 23.3 Å². The molecule has 3 aromatic rings. The van der Waals surface area contributed by atoms with Crippen molar-refractivity contribution in [3.05, 3.63) is 93.0 Å². The van der Waals surface area contributed by atoms with Gasteiger partial charge in [-0.3, -0.25) is 14.6 Å². The lowest BCUT2D eigenvalue weighted by atomic mass is 9.90. The number of hydrogen-bond acceptors (Lipinski definition) is 5. The standard InChI is InChI=1S/C27H27Cl2F2N5O.ClH/c1-34(16-22-10-20(30)12-24(28)32-22)26(37)27(14-18-4-2-3-5-19(18)15-27)36-8-6-35(7-9-36)17-23-11-21(31)13-25(29)33-23;/h2-5,10-13H,6-9,14-17H2,1H3;1H. The van der Waals surface area contributed by atoms with E-state index in [2.05, 4.69) is 31.9 Å². The van der Waals surface area contributed by atoms with Crippen molar-refractivity contribution in [3.8, 4) is 0 Å². The monoisotopic (exact) mass is 581 g/mol. The Morgan fingerprint density at radius 2 is 1.45 bits per heavy atom. The fourth-order valence-corrected chi connectivity index (χ4v) is 5.96. The molecule has 38 heavy (non-hydrogen) atoms. The van der Waals surface area contributed by atoms with Gasteiger partial charge < -0.3 is 4.90 Å². The molecule has 0 saturated carbocycles. The van der Waals surface area contributed by atoms with E-state index in [4.69, 9.17) is 23.2 Å². The molecule has 0 bridgehead atoms. The minimum absolute atomic E-state index is 0. The molecule has 0 radical (unpaired) electrons. The van der Waals surface area contributed by atoms with Gasteiger partial charge in [-0.25, -0.2) is 18.7 Å². The Balaban J connectivity index is 0.00000336. The van der Waals surface area contributed by atoms with Crippen molar-refractivity contribution in [2.75, 3.05) is 33.2 Å². The minimum Gasteiger partial charge on any atom is -0.338 e. The molecule has 5 rings (SSSR count). The minimum atomic E-state index is -0.748. The largest absolute Gasteiger partial charge is 0.338 e. The van der Waals surface area contributed by atoms with Crippen LogP contribution in [-0.2, 0) is 30.7 Å². The summed E-state index contributed by atoms with van der Waals surface area (Å²) in [7, 11) is 1.73. The van der Waals surface area contributed by atoms with Crippen LogP contribution < -0.4 is 0 Å². The first kappa shape index (κ1) is 28.6. The lowest BCUT2D eigenvalue weighted by Gasteiger charge is -2.46. The highest BCUT2D eigenvalue weighted by Gasteiger charge is 2.50. The smallest absolute Gasteiger partial charge is 0.243 e. The van der Waals surface area contributed by atoms with Gasteiger partial charge in [0.15, 0.2) is 0 Å². The molecular weight excluding hydrogens is 555 g/mol. The number of halogens is 5. The first-order valence-electron chi connectivity index (χ1n) is 12.2. The summed E-state index contributed by atoms with van der Waals surface area (Å²) in [4.78, 5) is 28.6. The average Bonchev–Trinajstić information content (AvgIpc) is 3.23. The Morgan fingerprint density at radius 1 is 0.921 bits per heavy atom. The molecule has 1 aliphatic carbocycles. The number of carbonyl (C=O) groups excluding carboxylic acids is 1. The molecule has 1 fully saturated rings. The summed E-state index contributed by atoms with van der Waals surface area (Å²) in [5.41, 5.74) is 2.56. The molecule has 1 amide bonds. The molecule has 1 aromatic carbocycles. The van der Waals surface area contributed by atoms with Crippen LogP contribution >= 0.6 is 35.6 Å². The third-order valence-corrected chi connectivity index (χ3v) is 7.60. The van der Waals surface area contributed by atoms with Gasteiger partial charge in [-0.2, -0.15) is 0 Å². The van der Waals surface area contributed by atoms with E-state index in [0.717, 1.165) is 17.2 Å². The zero-order valence-corrected chi connectivity index (χ0v) is 23.2. The van der Waals surface area contributed by atoms with Crippen LogP contribution in [0.1, 0.15) is 22.5 Å². The number of fused-ring (bicyclic) bond motifs is 1. The summed E-state index contributed by atoms with van der Waals surface area (Å²) in [5.74, 6) is -0.916. The van der Waals surface area contributed by atoms with E-state index in [0.29, 0.717) is 57.0 Å². The van der Waals surface area contributed by atoms with E-state index in [9.17, 15) is 13.6 Å². The molecule has 2 aromatic heterocycles. The molecule has 1 saturated heterocycles. The van der Waals surface area contributed by atoms with Crippen molar-refractivity contribution in [3.63, 3.8) is 0 Å². The van der Waals surface area contributed by atoms with E-state index >= 15 is 0 Å². The fourth-order valence-electron chi connectivity index (χ4n) is 5.53. The summed E-state index contributed by atoms with van der Waals surface area (Å²) < 4.78 is 27.7. The number of rotatable bonds is 6. The quantitative estimate of drug-likeness (QED) is 0.391. The SMILES string of the molecule is CN(Cc1cc(F)cc(Cl)n1)C(=O)C1(N2CCN(Cc3cc(F)cc(Cl)n3)CC2)Cc2ccccc2C1.Cl. The topological polar surface area (TPSA) is 52.6 Å². The van der Waals surface area contributed by atoms with Crippen LogP contribution in [0, 0.1) is 11.6 Å². The van der Waals surface area contributed by atoms with Crippen LogP contribution in [0.3, 0.4) is 0 Å². The van der Waals surface area contributed by atoms with Gasteiger partial charge in [-0.1, -0.05) is 47.5 Å². The van der Waals surface area contributed by atoms with Crippen molar-refractivity contribution < 1.29 is 13.6 Å². The highest BCUT2D eigenvalue weighted by atomic mass is 35.5. The van der Waals surface area contributed by atoms with Crippen LogP contribution in [0.5, 0.6) is 0 Å². The van der Waals surface area contributed by atoms with Gasteiger partial charge in [-0.15, -0.1) is 12.4 Å². The number of nitrogens with zero attached hydrogens (tertiary/aromatic N) is 5. The van der Waals surface area contributed by atoms with Gasteiger partial charge in [0.25, 0.3) is 0 Å². The fraction of sp³-hybridized carbons (Fsp3) is 0.370. The molecule has 1 aliphatic heterocycles. The third-order valence-electron chi connectivity index (χ3n) is 7.22. The van der Waals surface area contributed by atoms with E-state index in [1.807, 2.05) is 12.1 Å². The van der Waals surface area contributed by atoms with Crippen molar-refractivity contribution >= 4 is 41.5 Å². The van der Waals surface area contributed by atoms with Crippen LogP contribution in [0.25, 0.3) is 0 Å². The molecule has 0 unspecified atom stereocenters. The summed E-state index contributed by atoms with van der Waals surface area (Å²) in [5, 5.41) is 0.197. The predicted molar refractivity (Wildman–Crippen MR) is 146 cm³/mol. The molecule has 202 valence electrons. The summed E-state index contributed by atoms with van der Waals surface area (Å²) in [6.45, 7) is 3.37. The number of aromatic nitrogens is 2. The number of benzene rings is 1. The Bertz CT molecular complexity index is 1250. The van der Waals surface area contributed by atoms with E-state index in [1.54, 1.807) is 11.9 Å². The van der Waals surface area contributed by atoms with Crippen LogP contribution in [0.15, 0.2) is 48.5 Å². The van der Waals surface area contributed by atoms with Gasteiger partial charge in [0, 0.05) is 64.7 Å². The number of likely N-dealkylation sites (N-methyl/N-ethyl adjacent to an activating group) is 1. The maximum Gasteiger partial charge on any atom is 0.243 e. The summed E-state index contributed by atoms with van der Waals surface area (Å²) in [6.07, 6.45) is 1.20. The molecule has 0 spiro atoms. The lowest BCUT2D eigenvalue weighted by molar-refractivity contribution is -0.145. The van der Waals surface area contributed by atoms with Gasteiger partial charge in [0.05, 0.1) is 17.9 Å². The third kappa shape index (κ3) is 6.10. The first-order valence-corrected chi connectivity index (χ1v) is 12.9. The average molecular weight is 583 g/mol. The second-order valence-electron chi connectivity index (χ2n) is 9.78. The first-order chi connectivity index (χ1) is 17.7. The van der Waals surface area contributed by atoms with E-state index in [-0.39, 0.29) is 35.2 Å². The molecular formula is C27H28Cl3F2N5O. The summed E-state index contributed by atoms with van der Waals surface area (Å²) >= 11 is 11.9. The van der Waals surface area contributed by atoms with Gasteiger partial charge in [0.1, 0.15) is 27.5 Å². The number of pyridine rings is 2. The molecule has 0 N–H and O–H groups in total. The van der Waals surface area contributed by atoms with Crippen LogP contribution in [0.2, 0.25) is 10.3 Å². The number of carbonyl (C=O) groups is 1. The highest BCUT2D eigenvalue weighted by Crippen LogP contribution is 2.37. The van der Waals surface area contributed by atoms with E-state index in [1.165, 1.54) is 18.2 Å². The molecule has 6 nitrogen and oxygen atoms in total. The zero-order valence-electron chi connectivity index (χ0n) is 20.8. The Labute approximate surface area is 237 Å². The zero-order chi connectivity index (χ0) is 26.2. The normalized spacial score (nSPS) is 17.1. The molecule has 0 atom stereocenters. The predicted octanol–water partition coefficient (Wildman–Crippen LogP) is 4.80. The van der Waals surface area contributed by atoms with E-state index < -0.39 is 17.2 Å². The second kappa shape index (κ2) is 11.8. The molecule has 3 heterocycles. The number of hydrogen-bond donors (Lipinski definition) is 0. The van der Waals surface area contributed by atoms with Crippen molar-refractivity contribution in [1.29, 1.82) is 0 Å². The second-order valence-corrected chi connectivity index (χ2v) is 10.6. The maximum atomic E-state index is 14.1. The molecule has 11 heteroatoms. The number of amides is 1.